The van der Waals surface area contributed by atoms with E-state index in [0.29, 0.717) is 0 Å². The van der Waals surface area contributed by atoms with Crippen molar-refractivity contribution in [3.05, 3.63) is 77.4 Å². The second kappa shape index (κ2) is 5.79. The molecule has 1 aliphatic carbocycles. The maximum Gasteiger partial charge on any atom is 0.166 e. The maximum atomic E-state index is 12.9. The molecule has 120 valence electrons. The molecule has 0 fully saturated rings. The van der Waals surface area contributed by atoms with Crippen molar-refractivity contribution in [3.8, 4) is 5.75 Å². The minimum Gasteiger partial charge on any atom is -0.508 e. The molecule has 3 aromatic carbocycles. The highest BCUT2D eigenvalue weighted by Crippen LogP contribution is 2.37. The lowest BCUT2D eigenvalue weighted by Crippen LogP contribution is -2.26. The van der Waals surface area contributed by atoms with Gasteiger partial charge in [0.25, 0.3) is 0 Å². The molecule has 1 aliphatic rings. The third kappa shape index (κ3) is 2.48. The summed E-state index contributed by atoms with van der Waals surface area (Å²) in [4.78, 5) is 12.9. The average molecular weight is 316 g/mol. The summed E-state index contributed by atoms with van der Waals surface area (Å²) >= 11 is 0. The van der Waals surface area contributed by atoms with Crippen LogP contribution >= 0.6 is 0 Å². The zero-order valence-electron chi connectivity index (χ0n) is 13.7. The lowest BCUT2D eigenvalue weighted by molar-refractivity contribution is 0.0884. The van der Waals surface area contributed by atoms with Crippen LogP contribution in [0.15, 0.2) is 60.7 Å². The van der Waals surface area contributed by atoms with Crippen molar-refractivity contribution < 1.29 is 9.90 Å². The van der Waals surface area contributed by atoms with Crippen LogP contribution in [0.5, 0.6) is 5.75 Å². The molecular weight excluding hydrogens is 296 g/mol. The highest BCUT2D eigenvalue weighted by Gasteiger charge is 2.32. The molecule has 0 saturated heterocycles. The third-order valence-corrected chi connectivity index (χ3v) is 5.32. The van der Waals surface area contributed by atoms with Gasteiger partial charge in [0.15, 0.2) is 5.78 Å². The fourth-order valence-corrected chi connectivity index (χ4v) is 3.87. The van der Waals surface area contributed by atoms with Gasteiger partial charge in [-0.15, -0.1) is 0 Å². The Labute approximate surface area is 141 Å². The van der Waals surface area contributed by atoms with Crippen molar-refractivity contribution in [2.45, 2.75) is 25.7 Å². The molecule has 0 amide bonds. The molecule has 2 atom stereocenters. The predicted octanol–water partition coefficient (Wildman–Crippen LogP) is 5.09. The van der Waals surface area contributed by atoms with Gasteiger partial charge in [-0.05, 0) is 58.9 Å². The van der Waals surface area contributed by atoms with Gasteiger partial charge in [0.1, 0.15) is 5.75 Å². The van der Waals surface area contributed by atoms with E-state index in [1.165, 1.54) is 16.3 Å². The molecule has 0 saturated carbocycles. The van der Waals surface area contributed by atoms with E-state index in [2.05, 4.69) is 37.3 Å². The Morgan fingerprint density at radius 3 is 2.62 bits per heavy atom. The summed E-state index contributed by atoms with van der Waals surface area (Å²) in [5.74, 6) is 0.631. The zero-order chi connectivity index (χ0) is 16.7. The summed E-state index contributed by atoms with van der Waals surface area (Å²) in [7, 11) is 0. The highest BCUT2D eigenvalue weighted by atomic mass is 16.3. The zero-order valence-corrected chi connectivity index (χ0v) is 13.7. The largest absolute Gasteiger partial charge is 0.508 e. The summed E-state index contributed by atoms with van der Waals surface area (Å²) in [6, 6.07) is 19.9. The molecule has 0 spiro atoms. The molecule has 24 heavy (non-hydrogen) atoms. The molecule has 0 radical (unpaired) electrons. The molecule has 2 nitrogen and oxygen atoms in total. The molecule has 2 heteroatoms. The Balaban J connectivity index is 1.67. The smallest absolute Gasteiger partial charge is 0.166 e. The number of hydrogen-bond donors (Lipinski definition) is 1. The first-order valence-electron chi connectivity index (χ1n) is 8.48. The minimum atomic E-state index is 0.00297. The Kier molecular flexibility index (Phi) is 3.61. The Morgan fingerprint density at radius 1 is 1.00 bits per heavy atom. The number of aryl methyl sites for hydroxylation is 1. The third-order valence-electron chi connectivity index (χ3n) is 5.32. The van der Waals surface area contributed by atoms with E-state index in [-0.39, 0.29) is 23.4 Å². The topological polar surface area (TPSA) is 37.3 Å². The van der Waals surface area contributed by atoms with Crippen LogP contribution in [0.2, 0.25) is 0 Å². The first-order valence-corrected chi connectivity index (χ1v) is 8.48. The number of phenols is 1. The summed E-state index contributed by atoms with van der Waals surface area (Å²) in [6.07, 6.45) is 1.68. The number of benzene rings is 3. The van der Waals surface area contributed by atoms with Crippen LogP contribution < -0.4 is 0 Å². The van der Waals surface area contributed by atoms with Crippen LogP contribution in [0, 0.1) is 5.92 Å². The van der Waals surface area contributed by atoms with Gasteiger partial charge in [0.2, 0.25) is 0 Å². The first-order chi connectivity index (χ1) is 11.6. The summed E-state index contributed by atoms with van der Waals surface area (Å²) < 4.78 is 0. The molecule has 0 aliphatic heterocycles. The summed E-state index contributed by atoms with van der Waals surface area (Å²) in [5.41, 5.74) is 2.97. The number of ketones is 1. The van der Waals surface area contributed by atoms with Crippen LogP contribution in [0.3, 0.4) is 0 Å². The van der Waals surface area contributed by atoms with Crippen molar-refractivity contribution >= 4 is 16.6 Å². The van der Waals surface area contributed by atoms with E-state index in [9.17, 15) is 9.90 Å². The normalized spacial score (nSPS) is 18.4. The fourth-order valence-electron chi connectivity index (χ4n) is 3.87. The van der Waals surface area contributed by atoms with Gasteiger partial charge in [0, 0.05) is 11.5 Å². The van der Waals surface area contributed by atoms with Gasteiger partial charge in [-0.25, -0.2) is 0 Å². The lowest BCUT2D eigenvalue weighted by atomic mass is 9.74. The fraction of sp³-hybridized carbons (Fsp3) is 0.227. The Morgan fingerprint density at radius 2 is 1.79 bits per heavy atom. The van der Waals surface area contributed by atoms with Gasteiger partial charge in [-0.1, -0.05) is 49.4 Å². The maximum absolute atomic E-state index is 12.9. The molecule has 3 aromatic rings. The lowest BCUT2D eigenvalue weighted by Gasteiger charge is -2.28. The van der Waals surface area contributed by atoms with Gasteiger partial charge < -0.3 is 5.11 Å². The van der Waals surface area contributed by atoms with Crippen molar-refractivity contribution in [1.29, 1.82) is 0 Å². The first kappa shape index (κ1) is 14.9. The second-order valence-electron chi connectivity index (χ2n) is 6.75. The van der Waals surface area contributed by atoms with Crippen LogP contribution in [-0.2, 0) is 6.42 Å². The number of phenolic OH excluding ortho intramolecular Hbond substituents is 1. The number of fused-ring (bicyclic) bond motifs is 2. The van der Waals surface area contributed by atoms with Crippen molar-refractivity contribution in [1.82, 2.24) is 0 Å². The number of hydrogen-bond acceptors (Lipinski definition) is 2. The number of rotatable bonds is 2. The standard InChI is InChI=1S/C22H20O2/c1-14(16-7-6-15-4-2-3-5-17(15)12-16)20-10-8-18-13-19(23)9-11-21(18)22(20)24/h2-7,9,11-14,20,23H,8,10H2,1H3. The van der Waals surface area contributed by atoms with Crippen molar-refractivity contribution in [2.24, 2.45) is 5.92 Å². The number of aromatic hydroxyl groups is 1. The molecule has 2 unspecified atom stereocenters. The molecule has 0 bridgehead atoms. The van der Waals surface area contributed by atoms with Gasteiger partial charge >= 0.3 is 0 Å². The molecular formula is C22H20O2. The molecule has 1 N–H and O–H groups in total. The quantitative estimate of drug-likeness (QED) is 0.714. The van der Waals surface area contributed by atoms with E-state index in [4.69, 9.17) is 0 Å². The molecule has 0 aromatic heterocycles. The second-order valence-corrected chi connectivity index (χ2v) is 6.75. The van der Waals surface area contributed by atoms with E-state index >= 15 is 0 Å². The van der Waals surface area contributed by atoms with Crippen LogP contribution in [-0.4, -0.2) is 10.9 Å². The van der Waals surface area contributed by atoms with Crippen LogP contribution in [0.25, 0.3) is 10.8 Å². The van der Waals surface area contributed by atoms with Gasteiger partial charge in [0.05, 0.1) is 0 Å². The summed E-state index contributed by atoms with van der Waals surface area (Å²) in [6.45, 7) is 2.15. The number of Topliss-reactive ketones (excluding diaryl/α,β-unsaturated/α-hetero) is 1. The van der Waals surface area contributed by atoms with E-state index in [1.807, 2.05) is 12.1 Å². The van der Waals surface area contributed by atoms with Gasteiger partial charge in [-0.3, -0.25) is 4.79 Å². The van der Waals surface area contributed by atoms with E-state index in [1.54, 1.807) is 18.2 Å². The van der Waals surface area contributed by atoms with Crippen LogP contribution in [0.1, 0.15) is 40.7 Å². The van der Waals surface area contributed by atoms with E-state index < -0.39 is 0 Å². The Bertz CT molecular complexity index is 926. The molecule has 4 rings (SSSR count). The Hall–Kier alpha value is -2.61. The number of carbonyl (C=O) groups is 1. The monoisotopic (exact) mass is 316 g/mol. The highest BCUT2D eigenvalue weighted by molar-refractivity contribution is 6.01. The van der Waals surface area contributed by atoms with Gasteiger partial charge in [-0.2, -0.15) is 0 Å². The van der Waals surface area contributed by atoms with Crippen molar-refractivity contribution in [2.75, 3.05) is 0 Å². The van der Waals surface area contributed by atoms with E-state index in [0.717, 1.165) is 24.0 Å². The minimum absolute atomic E-state index is 0.00297. The predicted molar refractivity (Wildman–Crippen MR) is 96.6 cm³/mol. The average Bonchev–Trinajstić information content (AvgIpc) is 2.61. The number of carbonyl (C=O) groups excluding carboxylic acids is 1. The molecule has 0 heterocycles. The van der Waals surface area contributed by atoms with Crippen LogP contribution in [0.4, 0.5) is 0 Å². The van der Waals surface area contributed by atoms with Crippen molar-refractivity contribution in [3.63, 3.8) is 0 Å². The SMILES string of the molecule is CC(c1ccc2ccccc2c1)C1CCc2cc(O)ccc2C1=O. The summed E-state index contributed by atoms with van der Waals surface area (Å²) in [5, 5.41) is 12.1.